The highest BCUT2D eigenvalue weighted by molar-refractivity contribution is 7.98. The third-order valence-corrected chi connectivity index (χ3v) is 3.72. The van der Waals surface area contributed by atoms with Gasteiger partial charge in [0.05, 0.1) is 11.4 Å². The van der Waals surface area contributed by atoms with Crippen molar-refractivity contribution in [3.05, 3.63) is 23.5 Å². The van der Waals surface area contributed by atoms with Crippen molar-refractivity contribution in [1.82, 2.24) is 19.9 Å². The molecular weight excluding hydrogens is 378 g/mol. The van der Waals surface area contributed by atoms with Gasteiger partial charge in [-0.05, 0) is 24.6 Å². The van der Waals surface area contributed by atoms with E-state index in [1.807, 2.05) is 0 Å². The van der Waals surface area contributed by atoms with Gasteiger partial charge in [0.2, 0.25) is 0 Å². The molecule has 0 amide bonds. The normalized spacial score (nSPS) is 12.5. The lowest BCUT2D eigenvalue weighted by Gasteiger charge is -2.11. The highest BCUT2D eigenvalue weighted by atomic mass is 32.2. The van der Waals surface area contributed by atoms with Crippen LogP contribution in [-0.4, -0.2) is 32.4 Å². The zero-order valence-corrected chi connectivity index (χ0v) is 13.7. The summed E-state index contributed by atoms with van der Waals surface area (Å²) in [5, 5.41) is -0.449. The highest BCUT2D eigenvalue weighted by Gasteiger charge is 2.36. The van der Waals surface area contributed by atoms with Crippen molar-refractivity contribution >= 4 is 23.5 Å². The second kappa shape index (κ2) is 6.75. The molecule has 0 aliphatic carbocycles. The Balaban J connectivity index is 2.67. The topological polar surface area (TPSA) is 51.6 Å². The fourth-order valence-corrected chi connectivity index (χ4v) is 2.34. The van der Waals surface area contributed by atoms with Crippen molar-refractivity contribution in [1.29, 1.82) is 0 Å². The van der Waals surface area contributed by atoms with E-state index in [0.29, 0.717) is 12.1 Å². The van der Waals surface area contributed by atoms with Gasteiger partial charge in [0, 0.05) is 0 Å². The molecule has 2 rings (SSSR count). The first-order valence-electron chi connectivity index (χ1n) is 6.05. The maximum absolute atomic E-state index is 12.9. The smallest absolute Gasteiger partial charge is 0.221 e. The number of aromatic nitrogens is 4. The molecule has 2 aromatic heterocycles. The van der Waals surface area contributed by atoms with Crippen LogP contribution in [0.3, 0.4) is 0 Å². The molecule has 0 aliphatic rings. The zero-order chi connectivity index (χ0) is 18.1. The first kappa shape index (κ1) is 18.8. The summed E-state index contributed by atoms with van der Waals surface area (Å²) < 4.78 is 77.4. The molecule has 0 aromatic carbocycles. The number of alkyl halides is 6. The van der Waals surface area contributed by atoms with Gasteiger partial charge in [-0.1, -0.05) is 23.5 Å². The maximum atomic E-state index is 12.9. The van der Waals surface area contributed by atoms with Crippen molar-refractivity contribution in [2.24, 2.45) is 0 Å². The minimum absolute atomic E-state index is 0.224. The van der Waals surface area contributed by atoms with E-state index < -0.39 is 23.7 Å². The lowest BCUT2D eigenvalue weighted by atomic mass is 10.2. The summed E-state index contributed by atoms with van der Waals surface area (Å²) in [6, 6.07) is 1.12. The SMILES string of the molecule is CSc1nc(-c2cc(C(F)(F)F)nc(SC)n2)cc(C(F)(F)F)n1. The Labute approximate surface area is 140 Å². The molecule has 2 aromatic rings. The molecule has 24 heavy (non-hydrogen) atoms. The monoisotopic (exact) mass is 386 g/mol. The van der Waals surface area contributed by atoms with Crippen molar-refractivity contribution in [2.45, 2.75) is 22.7 Å². The third-order valence-electron chi connectivity index (χ3n) is 2.62. The fraction of sp³-hybridized carbons (Fsp3) is 0.333. The van der Waals surface area contributed by atoms with E-state index in [9.17, 15) is 26.3 Å². The van der Waals surface area contributed by atoms with E-state index in [4.69, 9.17) is 0 Å². The lowest BCUT2D eigenvalue weighted by molar-refractivity contribution is -0.142. The third kappa shape index (κ3) is 4.29. The Bertz CT molecular complexity index is 684. The molecule has 0 spiro atoms. The Morgan fingerprint density at radius 2 is 1.00 bits per heavy atom. The molecule has 12 heteroatoms. The molecule has 4 nitrogen and oxygen atoms in total. The summed E-state index contributed by atoms with van der Waals surface area (Å²) in [7, 11) is 0. The molecule has 0 radical (unpaired) electrons. The van der Waals surface area contributed by atoms with Gasteiger partial charge in [0.25, 0.3) is 0 Å². The highest BCUT2D eigenvalue weighted by Crippen LogP contribution is 2.34. The van der Waals surface area contributed by atoms with Crippen molar-refractivity contribution in [3.8, 4) is 11.4 Å². The summed E-state index contributed by atoms with van der Waals surface area (Å²) in [6.07, 6.45) is -6.61. The Morgan fingerprint density at radius 1 is 0.667 bits per heavy atom. The second-order valence-electron chi connectivity index (χ2n) is 4.25. The molecule has 0 saturated carbocycles. The number of hydrogen-bond acceptors (Lipinski definition) is 6. The van der Waals surface area contributed by atoms with E-state index in [2.05, 4.69) is 19.9 Å². The summed E-state index contributed by atoms with van der Waals surface area (Å²) in [4.78, 5) is 14.3. The first-order valence-corrected chi connectivity index (χ1v) is 8.50. The standard InChI is InChI=1S/C12H8F6N4S2/c1-23-9-19-5(3-7(21-9)11(13,14)15)6-4-8(12(16,17)18)22-10(20-6)24-2/h3-4H,1-2H3. The van der Waals surface area contributed by atoms with Gasteiger partial charge in [0.1, 0.15) is 11.4 Å². The molecule has 0 atom stereocenters. The maximum Gasteiger partial charge on any atom is 0.433 e. The number of thioether (sulfide) groups is 2. The number of rotatable bonds is 3. The van der Waals surface area contributed by atoms with Crippen LogP contribution in [0.2, 0.25) is 0 Å². The van der Waals surface area contributed by atoms with Crippen molar-refractivity contribution in [3.63, 3.8) is 0 Å². The fourth-order valence-electron chi connectivity index (χ4n) is 1.59. The van der Waals surface area contributed by atoms with Crippen LogP contribution < -0.4 is 0 Å². The first-order chi connectivity index (χ1) is 11.0. The molecule has 130 valence electrons. The average Bonchev–Trinajstić information content (AvgIpc) is 2.52. The van der Waals surface area contributed by atoms with E-state index in [0.717, 1.165) is 23.5 Å². The molecule has 0 saturated heterocycles. The zero-order valence-electron chi connectivity index (χ0n) is 12.0. The largest absolute Gasteiger partial charge is 0.433 e. The predicted octanol–water partition coefficient (Wildman–Crippen LogP) is 4.42. The minimum atomic E-state index is -4.76. The van der Waals surface area contributed by atoms with Gasteiger partial charge < -0.3 is 0 Å². The second-order valence-corrected chi connectivity index (χ2v) is 5.79. The van der Waals surface area contributed by atoms with Crippen LogP contribution >= 0.6 is 23.5 Å². The predicted molar refractivity (Wildman–Crippen MR) is 76.6 cm³/mol. The summed E-state index contributed by atoms with van der Waals surface area (Å²) >= 11 is 1.67. The Kier molecular flexibility index (Phi) is 5.28. The Hall–Kier alpha value is -1.56. The van der Waals surface area contributed by atoms with Gasteiger partial charge in [-0.3, -0.25) is 0 Å². The van der Waals surface area contributed by atoms with E-state index in [1.165, 1.54) is 12.5 Å². The average molecular weight is 386 g/mol. The minimum Gasteiger partial charge on any atom is -0.221 e. The molecule has 0 N–H and O–H groups in total. The summed E-state index contributed by atoms with van der Waals surface area (Å²) in [5.41, 5.74) is -3.22. The van der Waals surface area contributed by atoms with E-state index >= 15 is 0 Å². The van der Waals surface area contributed by atoms with Gasteiger partial charge in [0.15, 0.2) is 10.3 Å². The number of hydrogen-bond donors (Lipinski definition) is 0. The molecule has 0 fully saturated rings. The molecule has 2 heterocycles. The lowest BCUT2D eigenvalue weighted by Crippen LogP contribution is -2.12. The molecule has 0 aliphatic heterocycles. The molecule has 0 unspecified atom stereocenters. The number of halogens is 6. The van der Waals surface area contributed by atoms with Gasteiger partial charge in [-0.2, -0.15) is 26.3 Å². The molecular formula is C12H8F6N4S2. The quantitative estimate of drug-likeness (QED) is 0.442. The van der Waals surface area contributed by atoms with Gasteiger partial charge in [-0.15, -0.1) is 0 Å². The van der Waals surface area contributed by atoms with Crippen LogP contribution in [-0.2, 0) is 12.4 Å². The van der Waals surface area contributed by atoms with Crippen molar-refractivity contribution < 1.29 is 26.3 Å². The van der Waals surface area contributed by atoms with Gasteiger partial charge in [-0.25, -0.2) is 19.9 Å². The van der Waals surface area contributed by atoms with Crippen LogP contribution in [0.1, 0.15) is 11.4 Å². The molecule has 0 bridgehead atoms. The van der Waals surface area contributed by atoms with Gasteiger partial charge >= 0.3 is 12.4 Å². The summed E-state index contributed by atoms with van der Waals surface area (Å²) in [5.74, 6) is 0. The Morgan fingerprint density at radius 3 is 1.25 bits per heavy atom. The van der Waals surface area contributed by atoms with Crippen molar-refractivity contribution in [2.75, 3.05) is 12.5 Å². The van der Waals surface area contributed by atoms with E-state index in [1.54, 1.807) is 0 Å². The van der Waals surface area contributed by atoms with Crippen LogP contribution in [0.4, 0.5) is 26.3 Å². The van der Waals surface area contributed by atoms with E-state index in [-0.39, 0.29) is 21.7 Å². The summed E-state index contributed by atoms with van der Waals surface area (Å²) in [6.45, 7) is 0. The van der Waals surface area contributed by atoms with Crippen LogP contribution in [0.25, 0.3) is 11.4 Å². The number of nitrogens with zero attached hydrogens (tertiary/aromatic N) is 4. The van der Waals surface area contributed by atoms with Crippen LogP contribution in [0, 0.1) is 0 Å². The van der Waals surface area contributed by atoms with Crippen LogP contribution in [0.15, 0.2) is 22.4 Å². The van der Waals surface area contributed by atoms with Crippen LogP contribution in [0.5, 0.6) is 0 Å².